The molecule has 5 heterocycles. The molecule has 14 nitrogen and oxygen atoms in total. The number of rotatable bonds is 6. The van der Waals surface area contributed by atoms with Gasteiger partial charge in [0.05, 0.1) is 30.5 Å². The number of fused-ring (bicyclic) bond motifs is 9. The lowest BCUT2D eigenvalue weighted by atomic mass is 9.74. The Morgan fingerprint density at radius 1 is 1.02 bits per heavy atom. The fraction of sp³-hybridized carbons (Fsp3) is 0.400. The molecule has 0 saturated carbocycles. The van der Waals surface area contributed by atoms with Crippen LogP contribution in [0.5, 0.6) is 28.7 Å². The second kappa shape index (κ2) is 15.1. The maximum atomic E-state index is 13.6. The van der Waals surface area contributed by atoms with Crippen LogP contribution < -0.4 is 34.3 Å². The van der Waals surface area contributed by atoms with Crippen molar-refractivity contribution in [2.75, 3.05) is 26.3 Å². The smallest absolute Gasteiger partial charge is 0.471 e. The van der Waals surface area contributed by atoms with Gasteiger partial charge in [0.15, 0.2) is 23.0 Å². The molecule has 1 amide bonds. The molecule has 3 N–H and O–H groups in total. The van der Waals surface area contributed by atoms with E-state index in [0.717, 1.165) is 22.9 Å². The normalized spacial score (nSPS) is 25.9. The van der Waals surface area contributed by atoms with Crippen molar-refractivity contribution in [2.45, 2.75) is 75.1 Å². The predicted molar refractivity (Wildman–Crippen MR) is 199 cm³/mol. The second-order valence-electron chi connectivity index (χ2n) is 14.5. The predicted octanol–water partition coefficient (Wildman–Crippen LogP) is 4.28. The highest BCUT2D eigenvalue weighted by molar-refractivity contribution is 7.99. The summed E-state index contributed by atoms with van der Waals surface area (Å²) in [6.45, 7) is 3.97. The SMILES string of the molecule is COc1c(C)cc2c(c1OC(=O)C=Cc1ccccc1)[C@H]1N[C@@H](C2)[C@H](O)N2C1[C@@H]1SCC(NC(=O)C(F)(F)F)C(=O)OC[C@H]2c2c3c(c(C)c(OC(C)=O)c21)OCO3. The first-order chi connectivity index (χ1) is 27.7. The van der Waals surface area contributed by atoms with E-state index < -0.39 is 84.0 Å². The Bertz CT molecular complexity index is 2240. The number of aliphatic hydroxyl groups is 1. The van der Waals surface area contributed by atoms with E-state index in [1.807, 2.05) is 36.4 Å². The second-order valence-corrected chi connectivity index (χ2v) is 15.6. The van der Waals surface area contributed by atoms with Gasteiger partial charge in [-0.2, -0.15) is 13.2 Å². The molecule has 2 unspecified atom stereocenters. The molecule has 0 aromatic heterocycles. The van der Waals surface area contributed by atoms with Gasteiger partial charge < -0.3 is 44.2 Å². The summed E-state index contributed by atoms with van der Waals surface area (Å²) < 4.78 is 76.0. The van der Waals surface area contributed by atoms with Gasteiger partial charge in [-0.3, -0.25) is 14.5 Å². The minimum atomic E-state index is -5.29. The number of ether oxygens (including phenoxy) is 6. The number of hydrogen-bond donors (Lipinski definition) is 3. The number of nitrogens with one attached hydrogen (secondary N) is 2. The van der Waals surface area contributed by atoms with Gasteiger partial charge in [-0.25, -0.2) is 9.59 Å². The summed E-state index contributed by atoms with van der Waals surface area (Å²) >= 11 is 0.992. The third-order valence-electron chi connectivity index (χ3n) is 10.9. The van der Waals surface area contributed by atoms with E-state index in [4.69, 9.17) is 28.4 Å². The van der Waals surface area contributed by atoms with Gasteiger partial charge >= 0.3 is 30.0 Å². The number of cyclic esters (lactones) is 1. The highest BCUT2D eigenvalue weighted by Crippen LogP contribution is 2.62. The quantitative estimate of drug-likeness (QED) is 0.183. The molecule has 7 atom stereocenters. The number of alkyl halides is 3. The molecule has 58 heavy (non-hydrogen) atoms. The zero-order valence-corrected chi connectivity index (χ0v) is 32.3. The Hall–Kier alpha value is -5.30. The van der Waals surface area contributed by atoms with Crippen molar-refractivity contribution in [3.63, 3.8) is 0 Å². The van der Waals surface area contributed by atoms with Crippen LogP contribution in [-0.4, -0.2) is 90.6 Å². The molecular weight excluding hydrogens is 788 g/mol. The molecule has 2 fully saturated rings. The molecule has 306 valence electrons. The van der Waals surface area contributed by atoms with Gasteiger partial charge in [0.25, 0.3) is 0 Å². The van der Waals surface area contributed by atoms with Crippen molar-refractivity contribution < 1.29 is 65.9 Å². The van der Waals surface area contributed by atoms with Crippen molar-refractivity contribution in [1.29, 1.82) is 0 Å². The Kier molecular flexibility index (Phi) is 10.3. The van der Waals surface area contributed by atoms with Crippen LogP contribution in [0.25, 0.3) is 6.08 Å². The Morgan fingerprint density at radius 3 is 2.47 bits per heavy atom. The molecule has 3 aromatic carbocycles. The van der Waals surface area contributed by atoms with Crippen LogP contribution in [0, 0.1) is 13.8 Å². The van der Waals surface area contributed by atoms with Crippen molar-refractivity contribution in [1.82, 2.24) is 15.5 Å². The monoisotopic (exact) mass is 825 g/mol. The van der Waals surface area contributed by atoms with Crippen molar-refractivity contribution in [3.05, 3.63) is 81.4 Å². The lowest BCUT2D eigenvalue weighted by Crippen LogP contribution is -2.69. The standard InChI is InChI=1S/C40H38F3N3O11S/c1-17-12-21-13-22-37(49)46-24-14-53-38(50)23(45-39(51)40(41,42)43)15-58-36(28-27(24)34-33(54-16-55-34)18(2)32(28)56-19(3)47)30(46)29(44-22)26(21)35(31(17)52-4)57-25(48)11-10-20-8-6-5-7-9-20/h5-12,22-24,29-30,36-37,44,49H,13-16H2,1-4H3,(H,45,51)/t22-,23?,24-,29+,30?,36+,37-/m0/s1. The number of carbonyl (C=O) groups excluding carboxylic acids is 4. The van der Waals surface area contributed by atoms with Crippen LogP contribution in [0.2, 0.25) is 0 Å². The number of hydrogen-bond acceptors (Lipinski definition) is 14. The molecule has 4 bridgehead atoms. The Labute approximate surface area is 333 Å². The van der Waals surface area contributed by atoms with Gasteiger partial charge in [-0.15, -0.1) is 11.8 Å². The number of aryl methyl sites for hydroxylation is 1. The minimum absolute atomic E-state index is 0.100. The molecule has 5 aliphatic rings. The topological polar surface area (TPSA) is 171 Å². The molecule has 2 saturated heterocycles. The van der Waals surface area contributed by atoms with Gasteiger partial charge in [0, 0.05) is 47.0 Å². The Balaban J connectivity index is 1.32. The van der Waals surface area contributed by atoms with Crippen LogP contribution in [0.1, 0.15) is 63.2 Å². The van der Waals surface area contributed by atoms with E-state index in [1.165, 1.54) is 20.1 Å². The van der Waals surface area contributed by atoms with Gasteiger partial charge in [0.2, 0.25) is 6.79 Å². The number of esters is 3. The van der Waals surface area contributed by atoms with Gasteiger partial charge in [-0.1, -0.05) is 36.4 Å². The number of thioether (sulfide) groups is 1. The van der Waals surface area contributed by atoms with Crippen LogP contribution in [0.3, 0.4) is 0 Å². The van der Waals surface area contributed by atoms with Crippen molar-refractivity contribution in [3.8, 4) is 28.7 Å². The summed E-state index contributed by atoms with van der Waals surface area (Å²) in [6, 6.07) is 5.95. The fourth-order valence-corrected chi connectivity index (χ4v) is 10.2. The Morgan fingerprint density at radius 2 is 1.76 bits per heavy atom. The molecule has 3 aromatic rings. The first-order valence-electron chi connectivity index (χ1n) is 18.3. The first kappa shape index (κ1) is 39.5. The summed E-state index contributed by atoms with van der Waals surface area (Å²) in [4.78, 5) is 53.7. The highest BCUT2D eigenvalue weighted by Gasteiger charge is 2.59. The average molecular weight is 826 g/mol. The number of piperazine rings is 1. The molecule has 0 aliphatic carbocycles. The average Bonchev–Trinajstić information content (AvgIpc) is 3.68. The lowest BCUT2D eigenvalue weighted by molar-refractivity contribution is -0.176. The van der Waals surface area contributed by atoms with E-state index in [1.54, 1.807) is 30.1 Å². The molecule has 18 heteroatoms. The van der Waals surface area contributed by atoms with E-state index >= 15 is 0 Å². The molecule has 5 aliphatic heterocycles. The van der Waals surface area contributed by atoms with Gasteiger partial charge in [0.1, 0.15) is 24.6 Å². The van der Waals surface area contributed by atoms with Crippen LogP contribution in [0.15, 0.2) is 42.5 Å². The summed E-state index contributed by atoms with van der Waals surface area (Å²) in [6.07, 6.45) is -3.39. The summed E-state index contributed by atoms with van der Waals surface area (Å²) in [7, 11) is 1.44. The van der Waals surface area contributed by atoms with E-state index in [0.29, 0.717) is 27.8 Å². The highest BCUT2D eigenvalue weighted by atomic mass is 32.2. The summed E-state index contributed by atoms with van der Waals surface area (Å²) in [5, 5.41) is 16.7. The van der Waals surface area contributed by atoms with Crippen molar-refractivity contribution in [2.24, 2.45) is 0 Å². The lowest BCUT2D eigenvalue weighted by Gasteiger charge is -2.59. The molecule has 0 radical (unpaired) electrons. The molecule has 0 spiro atoms. The zero-order valence-electron chi connectivity index (χ0n) is 31.5. The van der Waals surface area contributed by atoms with E-state index in [9.17, 15) is 37.5 Å². The van der Waals surface area contributed by atoms with Crippen LogP contribution in [0.4, 0.5) is 13.2 Å². The van der Waals surface area contributed by atoms with E-state index in [2.05, 4.69) is 5.32 Å². The number of benzene rings is 3. The maximum Gasteiger partial charge on any atom is 0.471 e. The number of amides is 1. The van der Waals surface area contributed by atoms with Crippen LogP contribution in [-0.2, 0) is 30.3 Å². The minimum Gasteiger partial charge on any atom is -0.493 e. The van der Waals surface area contributed by atoms with E-state index in [-0.39, 0.29) is 42.0 Å². The summed E-state index contributed by atoms with van der Waals surface area (Å²) in [5.41, 5.74) is 3.88. The zero-order chi connectivity index (χ0) is 41.2. The van der Waals surface area contributed by atoms with Gasteiger partial charge in [-0.05, 0) is 43.0 Å². The molecular formula is C40H38F3N3O11S. The number of carbonyl (C=O) groups is 4. The first-order valence-corrected chi connectivity index (χ1v) is 19.4. The molecule has 8 rings (SSSR count). The number of aliphatic hydroxyl groups excluding tert-OH is 1. The third kappa shape index (κ3) is 6.80. The number of halogens is 3. The largest absolute Gasteiger partial charge is 0.493 e. The third-order valence-corrected chi connectivity index (χ3v) is 12.3. The number of nitrogens with zero attached hydrogens (tertiary/aromatic N) is 1. The number of methoxy groups -OCH3 is 1. The maximum absolute atomic E-state index is 13.6. The van der Waals surface area contributed by atoms with Crippen LogP contribution >= 0.6 is 11.8 Å². The summed E-state index contributed by atoms with van der Waals surface area (Å²) in [5.74, 6) is -4.22. The fourth-order valence-electron chi connectivity index (χ4n) is 8.67. The van der Waals surface area contributed by atoms with Crippen molar-refractivity contribution >= 4 is 41.7 Å².